The molecule has 1 aliphatic rings. The summed E-state index contributed by atoms with van der Waals surface area (Å²) in [6, 6.07) is 4.32. The first kappa shape index (κ1) is 19.4. The van der Waals surface area contributed by atoms with Gasteiger partial charge in [0.1, 0.15) is 11.5 Å². The molecule has 130 valence electrons. The van der Waals surface area contributed by atoms with E-state index in [2.05, 4.69) is 15.4 Å². The molecule has 0 saturated carbocycles. The van der Waals surface area contributed by atoms with Crippen LogP contribution in [0.25, 0.3) is 0 Å². The predicted octanol–water partition coefficient (Wildman–Crippen LogP) is 3.05. The summed E-state index contributed by atoms with van der Waals surface area (Å²) in [7, 11) is 1.46. The second-order valence-corrected chi connectivity index (χ2v) is 5.19. The van der Waals surface area contributed by atoms with E-state index < -0.39 is 6.61 Å². The van der Waals surface area contributed by atoms with Crippen molar-refractivity contribution in [1.29, 1.82) is 0 Å². The van der Waals surface area contributed by atoms with Crippen molar-refractivity contribution in [1.82, 2.24) is 5.32 Å². The van der Waals surface area contributed by atoms with E-state index in [4.69, 9.17) is 4.74 Å². The van der Waals surface area contributed by atoms with Gasteiger partial charge in [0.2, 0.25) is 5.91 Å². The van der Waals surface area contributed by atoms with E-state index in [0.717, 1.165) is 25.9 Å². The monoisotopic (exact) mass is 350 g/mol. The molecule has 0 bridgehead atoms. The van der Waals surface area contributed by atoms with Gasteiger partial charge >= 0.3 is 6.61 Å². The third-order valence-corrected chi connectivity index (χ3v) is 3.61. The van der Waals surface area contributed by atoms with E-state index in [1.807, 2.05) is 0 Å². The summed E-state index contributed by atoms with van der Waals surface area (Å²) in [6.07, 6.45) is 2.24. The Morgan fingerprint density at radius 3 is 2.70 bits per heavy atom. The minimum absolute atomic E-state index is 0. The van der Waals surface area contributed by atoms with Crippen molar-refractivity contribution in [3.05, 3.63) is 18.2 Å². The Kier molecular flexibility index (Phi) is 8.05. The molecule has 0 aromatic heterocycles. The van der Waals surface area contributed by atoms with Gasteiger partial charge in [-0.3, -0.25) is 4.79 Å². The zero-order chi connectivity index (χ0) is 15.9. The highest BCUT2D eigenvalue weighted by Crippen LogP contribution is 2.31. The van der Waals surface area contributed by atoms with Gasteiger partial charge in [0.15, 0.2) is 0 Å². The maximum Gasteiger partial charge on any atom is 0.387 e. The lowest BCUT2D eigenvalue weighted by Crippen LogP contribution is -2.30. The van der Waals surface area contributed by atoms with E-state index >= 15 is 0 Å². The number of piperidine rings is 1. The molecular weight excluding hydrogens is 330 g/mol. The van der Waals surface area contributed by atoms with Crippen LogP contribution in [0.15, 0.2) is 18.2 Å². The Morgan fingerprint density at radius 2 is 2.09 bits per heavy atom. The molecule has 5 nitrogen and oxygen atoms in total. The van der Waals surface area contributed by atoms with Gasteiger partial charge in [0.25, 0.3) is 0 Å². The van der Waals surface area contributed by atoms with Crippen LogP contribution in [-0.4, -0.2) is 32.7 Å². The van der Waals surface area contributed by atoms with Crippen LogP contribution in [0.3, 0.4) is 0 Å². The number of halogens is 3. The minimum Gasteiger partial charge on any atom is -0.497 e. The fourth-order valence-corrected chi connectivity index (χ4v) is 2.48. The topological polar surface area (TPSA) is 59.6 Å². The lowest BCUT2D eigenvalue weighted by atomic mass is 9.94. The quantitative estimate of drug-likeness (QED) is 0.828. The van der Waals surface area contributed by atoms with Crippen molar-refractivity contribution >= 4 is 24.0 Å². The fourth-order valence-electron chi connectivity index (χ4n) is 2.48. The molecule has 0 spiro atoms. The molecule has 1 aromatic carbocycles. The number of anilines is 1. The smallest absolute Gasteiger partial charge is 0.387 e. The lowest BCUT2D eigenvalue weighted by Gasteiger charge is -2.22. The summed E-state index contributed by atoms with van der Waals surface area (Å²) in [5, 5.41) is 5.87. The maximum absolute atomic E-state index is 12.4. The zero-order valence-corrected chi connectivity index (χ0v) is 13.6. The molecule has 1 saturated heterocycles. The molecule has 23 heavy (non-hydrogen) atoms. The molecule has 0 atom stereocenters. The average molecular weight is 351 g/mol. The van der Waals surface area contributed by atoms with Crippen molar-refractivity contribution < 1.29 is 23.0 Å². The van der Waals surface area contributed by atoms with Crippen molar-refractivity contribution in [2.75, 3.05) is 25.5 Å². The molecule has 8 heteroatoms. The number of rotatable bonds is 6. The summed E-state index contributed by atoms with van der Waals surface area (Å²) in [4.78, 5) is 12.1. The third kappa shape index (κ3) is 6.19. The first-order chi connectivity index (χ1) is 10.6. The van der Waals surface area contributed by atoms with Crippen LogP contribution >= 0.6 is 12.4 Å². The third-order valence-electron chi connectivity index (χ3n) is 3.61. The largest absolute Gasteiger partial charge is 0.497 e. The number of amides is 1. The summed E-state index contributed by atoms with van der Waals surface area (Å²) < 4.78 is 34.3. The van der Waals surface area contributed by atoms with Gasteiger partial charge in [0.05, 0.1) is 12.8 Å². The molecule has 0 unspecified atom stereocenters. The molecule has 1 fully saturated rings. The van der Waals surface area contributed by atoms with Gasteiger partial charge in [0, 0.05) is 12.5 Å². The highest BCUT2D eigenvalue weighted by atomic mass is 35.5. The Bertz CT molecular complexity index is 511. The van der Waals surface area contributed by atoms with Crippen LogP contribution in [0.5, 0.6) is 11.5 Å². The van der Waals surface area contributed by atoms with Crippen molar-refractivity contribution in [3.63, 3.8) is 0 Å². The first-order valence-corrected chi connectivity index (χ1v) is 7.22. The molecular formula is C15H21ClF2N2O3. The van der Waals surface area contributed by atoms with Crippen LogP contribution < -0.4 is 20.1 Å². The Labute approximate surface area is 140 Å². The molecule has 0 aliphatic carbocycles. The lowest BCUT2D eigenvalue weighted by molar-refractivity contribution is -0.117. The maximum atomic E-state index is 12.4. The van der Waals surface area contributed by atoms with E-state index in [-0.39, 0.29) is 29.8 Å². The summed E-state index contributed by atoms with van der Waals surface area (Å²) in [5.41, 5.74) is 0.193. The van der Waals surface area contributed by atoms with Crippen molar-refractivity contribution in [2.45, 2.75) is 25.9 Å². The van der Waals surface area contributed by atoms with Gasteiger partial charge in [-0.1, -0.05) is 0 Å². The molecule has 1 aromatic rings. The summed E-state index contributed by atoms with van der Waals surface area (Å²) in [5.74, 6) is 0.485. The SMILES string of the molecule is COc1ccc(OC(F)F)c(NC(=O)CC2CCNCC2)c1.Cl. The second kappa shape index (κ2) is 9.52. The number of carbonyl (C=O) groups is 1. The van der Waals surface area contributed by atoms with Gasteiger partial charge in [-0.2, -0.15) is 8.78 Å². The van der Waals surface area contributed by atoms with Crippen LogP contribution in [0, 0.1) is 5.92 Å². The summed E-state index contributed by atoms with van der Waals surface area (Å²) in [6.45, 7) is -1.15. The van der Waals surface area contributed by atoms with E-state index in [0.29, 0.717) is 18.1 Å². The minimum atomic E-state index is -2.95. The molecule has 1 amide bonds. The van der Waals surface area contributed by atoms with Crippen LogP contribution in [0.2, 0.25) is 0 Å². The van der Waals surface area contributed by atoms with Gasteiger partial charge in [-0.05, 0) is 44.0 Å². The van der Waals surface area contributed by atoms with E-state index in [1.165, 1.54) is 25.3 Å². The highest BCUT2D eigenvalue weighted by molar-refractivity contribution is 5.92. The normalized spacial score (nSPS) is 15.0. The van der Waals surface area contributed by atoms with Crippen molar-refractivity contribution in [2.24, 2.45) is 5.92 Å². The predicted molar refractivity (Wildman–Crippen MR) is 85.7 cm³/mol. The number of methoxy groups -OCH3 is 1. The molecule has 2 N–H and O–H groups in total. The molecule has 1 aliphatic heterocycles. The number of nitrogens with one attached hydrogen (secondary N) is 2. The zero-order valence-electron chi connectivity index (χ0n) is 12.8. The Morgan fingerprint density at radius 1 is 1.39 bits per heavy atom. The number of carbonyl (C=O) groups excluding carboxylic acids is 1. The fraction of sp³-hybridized carbons (Fsp3) is 0.533. The van der Waals surface area contributed by atoms with E-state index in [1.54, 1.807) is 0 Å². The Hall–Kier alpha value is -1.60. The van der Waals surface area contributed by atoms with Crippen LogP contribution in [0.4, 0.5) is 14.5 Å². The van der Waals surface area contributed by atoms with Crippen LogP contribution in [-0.2, 0) is 4.79 Å². The van der Waals surface area contributed by atoms with Gasteiger partial charge < -0.3 is 20.1 Å². The summed E-state index contributed by atoms with van der Waals surface area (Å²) >= 11 is 0. The number of alkyl halides is 2. The van der Waals surface area contributed by atoms with Crippen molar-refractivity contribution in [3.8, 4) is 11.5 Å². The average Bonchev–Trinajstić information content (AvgIpc) is 2.49. The van der Waals surface area contributed by atoms with Crippen LogP contribution in [0.1, 0.15) is 19.3 Å². The van der Waals surface area contributed by atoms with Gasteiger partial charge in [-0.15, -0.1) is 12.4 Å². The molecule has 0 radical (unpaired) electrons. The number of ether oxygens (including phenoxy) is 2. The number of hydrogen-bond donors (Lipinski definition) is 2. The molecule has 2 rings (SSSR count). The second-order valence-electron chi connectivity index (χ2n) is 5.19. The standard InChI is InChI=1S/C15H20F2N2O3.ClH/c1-21-11-2-3-13(22-15(16)17)12(9-11)19-14(20)8-10-4-6-18-7-5-10;/h2-3,9-10,15,18H,4-8H2,1H3,(H,19,20);1H. The number of hydrogen-bond acceptors (Lipinski definition) is 4. The first-order valence-electron chi connectivity index (χ1n) is 7.22. The van der Waals surface area contributed by atoms with Gasteiger partial charge in [-0.25, -0.2) is 0 Å². The molecule has 1 heterocycles. The number of benzene rings is 1. The highest BCUT2D eigenvalue weighted by Gasteiger charge is 2.18. The van der Waals surface area contributed by atoms with E-state index in [9.17, 15) is 13.6 Å². The Balaban J connectivity index is 0.00000264.